The van der Waals surface area contributed by atoms with Crippen molar-refractivity contribution in [3.05, 3.63) is 63.8 Å². The minimum atomic E-state index is -0.173. The van der Waals surface area contributed by atoms with Crippen LogP contribution >= 0.6 is 22.9 Å². The molecule has 0 aliphatic rings. The SMILES string of the molecule is C=CCc1ccccc1OCC#CCNC(=O)c1ccc(Cl)s1. The van der Waals surface area contributed by atoms with Gasteiger partial charge in [0.25, 0.3) is 5.91 Å². The van der Waals surface area contributed by atoms with Crippen LogP contribution in [0.5, 0.6) is 5.75 Å². The lowest BCUT2D eigenvalue weighted by Gasteiger charge is -2.07. The second-order valence-electron chi connectivity index (χ2n) is 4.53. The van der Waals surface area contributed by atoms with Crippen molar-refractivity contribution >= 4 is 28.8 Å². The maximum absolute atomic E-state index is 11.8. The summed E-state index contributed by atoms with van der Waals surface area (Å²) in [5.41, 5.74) is 1.08. The summed E-state index contributed by atoms with van der Waals surface area (Å²) in [5.74, 6) is 6.37. The molecule has 0 spiro atoms. The van der Waals surface area contributed by atoms with E-state index in [1.165, 1.54) is 11.3 Å². The number of halogens is 1. The standard InChI is InChI=1S/C18H16ClNO2S/c1-2-7-14-8-3-4-9-15(14)22-13-6-5-12-20-18(21)16-10-11-17(19)23-16/h2-4,8-11H,1,7,12-13H2,(H,20,21). The maximum atomic E-state index is 11.8. The van der Waals surface area contributed by atoms with Gasteiger partial charge in [-0.15, -0.1) is 17.9 Å². The molecule has 1 amide bonds. The third-order valence-corrected chi connectivity index (χ3v) is 4.13. The number of allylic oxidation sites excluding steroid dienone is 1. The molecule has 1 N–H and O–H groups in total. The molecule has 0 radical (unpaired) electrons. The average molecular weight is 346 g/mol. The van der Waals surface area contributed by atoms with Gasteiger partial charge in [-0.25, -0.2) is 0 Å². The summed E-state index contributed by atoms with van der Waals surface area (Å²) >= 11 is 7.03. The van der Waals surface area contributed by atoms with Gasteiger partial charge >= 0.3 is 0 Å². The van der Waals surface area contributed by atoms with Crippen molar-refractivity contribution < 1.29 is 9.53 Å². The van der Waals surface area contributed by atoms with E-state index in [9.17, 15) is 4.79 Å². The van der Waals surface area contributed by atoms with Crippen LogP contribution in [0, 0.1) is 11.8 Å². The second kappa shape index (κ2) is 9.04. The molecule has 5 heteroatoms. The highest BCUT2D eigenvalue weighted by molar-refractivity contribution is 7.17. The van der Waals surface area contributed by atoms with E-state index < -0.39 is 0 Å². The number of rotatable bonds is 6. The lowest BCUT2D eigenvalue weighted by molar-refractivity contribution is 0.0962. The number of hydrogen-bond donors (Lipinski definition) is 1. The van der Waals surface area contributed by atoms with Crippen molar-refractivity contribution in [3.8, 4) is 17.6 Å². The highest BCUT2D eigenvalue weighted by Crippen LogP contribution is 2.21. The van der Waals surface area contributed by atoms with Crippen LogP contribution in [0.1, 0.15) is 15.2 Å². The van der Waals surface area contributed by atoms with E-state index in [-0.39, 0.29) is 19.1 Å². The molecule has 1 heterocycles. The molecule has 118 valence electrons. The Morgan fingerprint density at radius 1 is 1.30 bits per heavy atom. The van der Waals surface area contributed by atoms with Crippen molar-refractivity contribution in [1.82, 2.24) is 5.32 Å². The van der Waals surface area contributed by atoms with Gasteiger partial charge in [0.2, 0.25) is 0 Å². The fraction of sp³-hybridized carbons (Fsp3) is 0.167. The molecule has 0 unspecified atom stereocenters. The van der Waals surface area contributed by atoms with Crippen LogP contribution in [-0.4, -0.2) is 19.1 Å². The summed E-state index contributed by atoms with van der Waals surface area (Å²) in [6.07, 6.45) is 2.59. The molecule has 0 saturated heterocycles. The van der Waals surface area contributed by atoms with E-state index in [1.807, 2.05) is 30.3 Å². The topological polar surface area (TPSA) is 38.3 Å². The minimum Gasteiger partial charge on any atom is -0.481 e. The molecule has 0 aliphatic carbocycles. The van der Waals surface area contributed by atoms with Gasteiger partial charge in [0.05, 0.1) is 15.8 Å². The molecule has 0 fully saturated rings. The zero-order valence-electron chi connectivity index (χ0n) is 12.5. The van der Waals surface area contributed by atoms with Gasteiger partial charge in [0.15, 0.2) is 0 Å². The molecule has 2 aromatic rings. The number of amides is 1. The Morgan fingerprint density at radius 2 is 2.13 bits per heavy atom. The predicted octanol–water partition coefficient (Wildman–Crippen LogP) is 3.94. The molecule has 0 bridgehead atoms. The molecule has 0 aliphatic heterocycles. The van der Waals surface area contributed by atoms with Crippen LogP contribution < -0.4 is 10.1 Å². The highest BCUT2D eigenvalue weighted by atomic mass is 35.5. The molecule has 3 nitrogen and oxygen atoms in total. The quantitative estimate of drug-likeness (QED) is 0.636. The van der Waals surface area contributed by atoms with Gasteiger partial charge in [-0.05, 0) is 30.2 Å². The van der Waals surface area contributed by atoms with E-state index in [2.05, 4.69) is 23.7 Å². The van der Waals surface area contributed by atoms with Crippen molar-refractivity contribution in [3.63, 3.8) is 0 Å². The Kier molecular flexibility index (Phi) is 6.74. The van der Waals surface area contributed by atoms with Crippen LogP contribution in [0.4, 0.5) is 0 Å². The minimum absolute atomic E-state index is 0.173. The fourth-order valence-corrected chi connectivity index (χ4v) is 2.80. The number of benzene rings is 1. The zero-order chi connectivity index (χ0) is 16.5. The molecule has 23 heavy (non-hydrogen) atoms. The molecule has 0 saturated carbocycles. The van der Waals surface area contributed by atoms with Crippen molar-refractivity contribution in [2.24, 2.45) is 0 Å². The van der Waals surface area contributed by atoms with Gasteiger partial charge in [-0.3, -0.25) is 4.79 Å². The summed E-state index contributed by atoms with van der Waals surface area (Å²) in [6, 6.07) is 11.2. The first kappa shape index (κ1) is 17.1. The Morgan fingerprint density at radius 3 is 2.87 bits per heavy atom. The van der Waals surface area contributed by atoms with Gasteiger partial charge in [-0.2, -0.15) is 0 Å². The first-order valence-corrected chi connectivity index (χ1v) is 8.21. The number of ether oxygens (including phenoxy) is 1. The number of hydrogen-bond acceptors (Lipinski definition) is 3. The van der Waals surface area contributed by atoms with E-state index in [4.69, 9.17) is 16.3 Å². The number of thiophene rings is 1. The lowest BCUT2D eigenvalue weighted by Crippen LogP contribution is -2.22. The number of carbonyl (C=O) groups excluding carboxylic acids is 1. The van der Waals surface area contributed by atoms with Crippen LogP contribution in [-0.2, 0) is 6.42 Å². The Bertz CT molecular complexity index is 743. The van der Waals surface area contributed by atoms with Gasteiger partial charge < -0.3 is 10.1 Å². The summed E-state index contributed by atoms with van der Waals surface area (Å²) in [6.45, 7) is 4.27. The first-order valence-electron chi connectivity index (χ1n) is 7.01. The van der Waals surface area contributed by atoms with E-state index >= 15 is 0 Å². The lowest BCUT2D eigenvalue weighted by atomic mass is 10.1. The molecular formula is C18H16ClNO2S. The molecule has 2 rings (SSSR count). The Labute approximate surface area is 144 Å². The van der Waals surface area contributed by atoms with Crippen molar-refractivity contribution in [2.45, 2.75) is 6.42 Å². The van der Waals surface area contributed by atoms with Crippen molar-refractivity contribution in [2.75, 3.05) is 13.2 Å². The van der Waals surface area contributed by atoms with Crippen molar-refractivity contribution in [1.29, 1.82) is 0 Å². The largest absolute Gasteiger partial charge is 0.481 e. The van der Waals surface area contributed by atoms with E-state index in [1.54, 1.807) is 12.1 Å². The smallest absolute Gasteiger partial charge is 0.262 e. The molecule has 1 aromatic heterocycles. The summed E-state index contributed by atoms with van der Waals surface area (Å²) in [5, 5.41) is 2.71. The second-order valence-corrected chi connectivity index (χ2v) is 6.24. The van der Waals surface area contributed by atoms with Gasteiger partial charge in [0, 0.05) is 0 Å². The maximum Gasteiger partial charge on any atom is 0.262 e. The Balaban J connectivity index is 1.76. The molecule has 1 aromatic carbocycles. The first-order chi connectivity index (χ1) is 11.2. The normalized spacial score (nSPS) is 9.61. The number of carbonyl (C=O) groups is 1. The summed E-state index contributed by atoms with van der Waals surface area (Å²) in [4.78, 5) is 12.3. The third kappa shape index (κ3) is 5.48. The number of para-hydroxylation sites is 1. The van der Waals surface area contributed by atoms with Gasteiger partial charge in [0.1, 0.15) is 12.4 Å². The Hall–Kier alpha value is -2.22. The number of nitrogens with one attached hydrogen (secondary N) is 1. The molecular weight excluding hydrogens is 330 g/mol. The highest BCUT2D eigenvalue weighted by Gasteiger charge is 2.06. The zero-order valence-corrected chi connectivity index (χ0v) is 14.0. The monoisotopic (exact) mass is 345 g/mol. The predicted molar refractivity (Wildman–Crippen MR) is 95.3 cm³/mol. The van der Waals surface area contributed by atoms with Crippen LogP contribution in [0.25, 0.3) is 0 Å². The van der Waals surface area contributed by atoms with E-state index in [0.29, 0.717) is 9.21 Å². The fourth-order valence-electron chi connectivity index (χ4n) is 1.84. The van der Waals surface area contributed by atoms with Crippen LogP contribution in [0.15, 0.2) is 49.1 Å². The van der Waals surface area contributed by atoms with Crippen LogP contribution in [0.3, 0.4) is 0 Å². The van der Waals surface area contributed by atoms with Crippen LogP contribution in [0.2, 0.25) is 4.34 Å². The van der Waals surface area contributed by atoms with E-state index in [0.717, 1.165) is 17.7 Å². The summed E-state index contributed by atoms with van der Waals surface area (Å²) < 4.78 is 6.23. The molecule has 0 atom stereocenters. The third-order valence-electron chi connectivity index (χ3n) is 2.90. The summed E-state index contributed by atoms with van der Waals surface area (Å²) in [7, 11) is 0. The van der Waals surface area contributed by atoms with Gasteiger partial charge in [-0.1, -0.05) is 47.7 Å². The average Bonchev–Trinajstić information content (AvgIpc) is 2.99.